The van der Waals surface area contributed by atoms with Gasteiger partial charge in [0.05, 0.1) is 21.9 Å². The van der Waals surface area contributed by atoms with Crippen LogP contribution in [0.3, 0.4) is 0 Å². The number of aromatic nitrogens is 4. The van der Waals surface area contributed by atoms with Gasteiger partial charge in [0.25, 0.3) is 17.2 Å². The van der Waals surface area contributed by atoms with Crippen molar-refractivity contribution in [3.63, 3.8) is 0 Å². The Morgan fingerprint density at radius 3 is 2.92 bits per heavy atom. The fourth-order valence-corrected chi connectivity index (χ4v) is 4.75. The molecule has 0 radical (unpaired) electrons. The molecular formula is C25H28ClN5O5. The number of hydrogen-bond acceptors (Lipinski definition) is 7. The fraction of sp³-hybridized carbons (Fsp3) is 0.440. The third-order valence-corrected chi connectivity index (χ3v) is 6.95. The first-order chi connectivity index (χ1) is 17.4. The van der Waals surface area contributed by atoms with Crippen LogP contribution in [0.1, 0.15) is 59.9 Å². The van der Waals surface area contributed by atoms with E-state index in [-0.39, 0.29) is 46.7 Å². The molecule has 11 heteroatoms. The summed E-state index contributed by atoms with van der Waals surface area (Å²) in [5, 5.41) is 16.7. The van der Waals surface area contributed by atoms with Gasteiger partial charge in [-0.05, 0) is 31.4 Å². The van der Waals surface area contributed by atoms with Crippen molar-refractivity contribution in [1.29, 1.82) is 0 Å². The van der Waals surface area contributed by atoms with Gasteiger partial charge in [0.15, 0.2) is 0 Å². The van der Waals surface area contributed by atoms with E-state index in [4.69, 9.17) is 21.1 Å². The lowest BCUT2D eigenvalue weighted by Gasteiger charge is -2.32. The van der Waals surface area contributed by atoms with Gasteiger partial charge in [-0.15, -0.1) is 0 Å². The number of H-pyrrole nitrogens is 1. The number of allylic oxidation sites excluding steroid dienone is 2. The highest BCUT2D eigenvalue weighted by Gasteiger charge is 2.31. The number of aliphatic hydroxyl groups is 1. The zero-order chi connectivity index (χ0) is 25.1. The molecule has 1 atom stereocenters. The quantitative estimate of drug-likeness (QED) is 0.414. The van der Waals surface area contributed by atoms with E-state index in [0.717, 1.165) is 25.1 Å². The number of fused-ring (bicyclic) bond motifs is 1. The van der Waals surface area contributed by atoms with E-state index in [1.165, 1.54) is 10.6 Å². The average Bonchev–Trinajstić information content (AvgIpc) is 3.32. The molecule has 1 aromatic carbocycles. The second-order valence-electron chi connectivity index (χ2n) is 9.23. The molecule has 1 aliphatic heterocycles. The molecule has 36 heavy (non-hydrogen) atoms. The van der Waals surface area contributed by atoms with Gasteiger partial charge in [0, 0.05) is 44.6 Å². The Bertz CT molecular complexity index is 1340. The maximum atomic E-state index is 13.0. The van der Waals surface area contributed by atoms with E-state index in [9.17, 15) is 14.7 Å². The van der Waals surface area contributed by atoms with Crippen molar-refractivity contribution < 1.29 is 19.4 Å². The van der Waals surface area contributed by atoms with Crippen LogP contribution in [0.15, 0.2) is 41.2 Å². The van der Waals surface area contributed by atoms with Crippen molar-refractivity contribution in [3.05, 3.63) is 68.9 Å². The molecule has 1 unspecified atom stereocenters. The minimum absolute atomic E-state index is 0.0536. The minimum Gasteiger partial charge on any atom is -0.486 e. The molecule has 1 saturated heterocycles. The normalized spacial score (nSPS) is 19.3. The van der Waals surface area contributed by atoms with Gasteiger partial charge in [-0.2, -0.15) is 9.50 Å². The van der Waals surface area contributed by atoms with Crippen LogP contribution in [0.4, 0.5) is 0 Å². The van der Waals surface area contributed by atoms with Crippen LogP contribution in [0.2, 0.25) is 5.02 Å². The van der Waals surface area contributed by atoms with E-state index in [0.29, 0.717) is 31.7 Å². The topological polar surface area (TPSA) is 131 Å². The first kappa shape index (κ1) is 24.5. The summed E-state index contributed by atoms with van der Waals surface area (Å²) < 4.78 is 12.5. The third-order valence-electron chi connectivity index (χ3n) is 6.64. The van der Waals surface area contributed by atoms with Crippen molar-refractivity contribution >= 4 is 23.3 Å². The lowest BCUT2D eigenvalue weighted by molar-refractivity contribution is -0.0605. The molecular weight excluding hydrogens is 486 g/mol. The van der Waals surface area contributed by atoms with E-state index in [1.807, 2.05) is 0 Å². The summed E-state index contributed by atoms with van der Waals surface area (Å²) in [6.07, 6.45) is 7.97. The maximum absolute atomic E-state index is 13.0. The highest BCUT2D eigenvalue weighted by molar-refractivity contribution is 6.34. The average molecular weight is 514 g/mol. The summed E-state index contributed by atoms with van der Waals surface area (Å²) in [6, 6.07) is 6.26. The first-order valence-electron chi connectivity index (χ1n) is 12.1. The second-order valence-corrected chi connectivity index (χ2v) is 9.64. The number of carbonyl (C=O) groups excluding carboxylic acids is 1. The van der Waals surface area contributed by atoms with Crippen molar-refractivity contribution in [2.24, 2.45) is 0 Å². The second kappa shape index (κ2) is 10.4. The smallest absolute Gasteiger partial charge is 0.274 e. The number of nitrogens with one attached hydrogen (secondary N) is 2. The van der Waals surface area contributed by atoms with Crippen LogP contribution in [0, 0.1) is 0 Å². The largest absolute Gasteiger partial charge is 0.486 e. The van der Waals surface area contributed by atoms with E-state index in [2.05, 4.69) is 32.5 Å². The molecule has 2 aromatic heterocycles. The van der Waals surface area contributed by atoms with E-state index < -0.39 is 11.5 Å². The van der Waals surface area contributed by atoms with Crippen LogP contribution in [0.25, 0.3) is 5.78 Å². The standard InChI is InChI=1S/C25H28ClN5O5/c26-18-7-4-8-19(21(18)23(33)27-15-25(34)9-11-35-12-10-25)36-14-17-13-20(32)31-24(28-17)29-22(30-31)16-5-2-1-3-6-16/h1-2,4,7-8,13,16,34H,3,5-6,9-12,14-15H2,(H,27,33)(H,28,29,30). The summed E-state index contributed by atoms with van der Waals surface area (Å²) in [6.45, 7) is 0.911. The molecule has 1 amide bonds. The van der Waals surface area contributed by atoms with Crippen molar-refractivity contribution in [2.45, 2.75) is 50.2 Å². The number of carbonyl (C=O) groups is 1. The number of nitrogens with zero attached hydrogens (tertiary/aromatic N) is 3. The van der Waals surface area contributed by atoms with E-state index >= 15 is 0 Å². The van der Waals surface area contributed by atoms with Gasteiger partial charge in [0.1, 0.15) is 18.2 Å². The third kappa shape index (κ3) is 5.30. The van der Waals surface area contributed by atoms with Crippen LogP contribution in [0.5, 0.6) is 5.75 Å². The zero-order valence-corrected chi connectivity index (χ0v) is 20.5. The monoisotopic (exact) mass is 513 g/mol. The van der Waals surface area contributed by atoms with E-state index in [1.54, 1.807) is 18.2 Å². The van der Waals surface area contributed by atoms with Gasteiger partial charge < -0.3 is 19.9 Å². The number of halogens is 1. The van der Waals surface area contributed by atoms with Crippen LogP contribution >= 0.6 is 11.6 Å². The molecule has 3 aromatic rings. The van der Waals surface area contributed by atoms with Crippen LogP contribution in [-0.4, -0.2) is 56.0 Å². The summed E-state index contributed by atoms with van der Waals surface area (Å²) in [5.74, 6) is 1.03. The highest BCUT2D eigenvalue weighted by Crippen LogP contribution is 2.28. The Morgan fingerprint density at radius 2 is 2.14 bits per heavy atom. The number of amides is 1. The van der Waals surface area contributed by atoms with Gasteiger partial charge in [0.2, 0.25) is 0 Å². The molecule has 0 spiro atoms. The van der Waals surface area contributed by atoms with Crippen LogP contribution in [-0.2, 0) is 11.3 Å². The summed E-state index contributed by atoms with van der Waals surface area (Å²) >= 11 is 6.33. The SMILES string of the molecule is O=C(NCC1(O)CCOCC1)c1c(Cl)cccc1OCc1cc(=O)n2[nH]c(C3CC=CCC3)nc2n1. The predicted molar refractivity (Wildman–Crippen MR) is 132 cm³/mol. The maximum Gasteiger partial charge on any atom is 0.274 e. The summed E-state index contributed by atoms with van der Waals surface area (Å²) in [7, 11) is 0. The Kier molecular flexibility index (Phi) is 7.08. The number of hydrogen-bond donors (Lipinski definition) is 3. The molecule has 3 heterocycles. The van der Waals surface area contributed by atoms with Crippen molar-refractivity contribution in [2.75, 3.05) is 19.8 Å². The zero-order valence-electron chi connectivity index (χ0n) is 19.7. The lowest BCUT2D eigenvalue weighted by Crippen LogP contribution is -2.46. The molecule has 2 aliphatic rings. The number of aromatic amines is 1. The number of benzene rings is 1. The van der Waals surface area contributed by atoms with Gasteiger partial charge in [-0.3, -0.25) is 14.7 Å². The van der Waals surface area contributed by atoms with Gasteiger partial charge in [-0.25, -0.2) is 4.98 Å². The molecule has 0 bridgehead atoms. The highest BCUT2D eigenvalue weighted by atomic mass is 35.5. The Balaban J connectivity index is 1.31. The van der Waals surface area contributed by atoms with Crippen molar-refractivity contribution in [3.8, 4) is 5.75 Å². The number of rotatable bonds is 7. The molecule has 0 saturated carbocycles. The van der Waals surface area contributed by atoms with Gasteiger partial charge in [-0.1, -0.05) is 29.8 Å². The number of ether oxygens (including phenoxy) is 2. The molecule has 5 rings (SSSR count). The fourth-order valence-electron chi connectivity index (χ4n) is 4.50. The first-order valence-corrected chi connectivity index (χ1v) is 12.4. The molecule has 10 nitrogen and oxygen atoms in total. The minimum atomic E-state index is -1.02. The lowest BCUT2D eigenvalue weighted by atomic mass is 9.94. The molecule has 190 valence electrons. The molecule has 1 fully saturated rings. The predicted octanol–water partition coefficient (Wildman–Crippen LogP) is 2.75. The summed E-state index contributed by atoms with van der Waals surface area (Å²) in [4.78, 5) is 34.6. The Labute approximate surface area is 212 Å². The van der Waals surface area contributed by atoms with Crippen LogP contribution < -0.4 is 15.6 Å². The summed E-state index contributed by atoms with van der Waals surface area (Å²) in [5.41, 5.74) is -0.782. The van der Waals surface area contributed by atoms with Crippen molar-refractivity contribution in [1.82, 2.24) is 24.9 Å². The van der Waals surface area contributed by atoms with Gasteiger partial charge >= 0.3 is 0 Å². The molecule has 3 N–H and O–H groups in total. The Hall–Kier alpha value is -3.21. The molecule has 1 aliphatic carbocycles. The Morgan fingerprint density at radius 1 is 1.31 bits per heavy atom.